The van der Waals surface area contributed by atoms with Crippen molar-refractivity contribution in [2.75, 3.05) is 6.61 Å². The first-order valence-electron chi connectivity index (χ1n) is 7.50. The first kappa shape index (κ1) is 21.2. The lowest BCUT2D eigenvalue weighted by molar-refractivity contribution is -0.251. The lowest BCUT2D eigenvalue weighted by Crippen LogP contribution is -2.61. The normalized spacial score (nSPS) is 27.5. The highest BCUT2D eigenvalue weighted by Crippen LogP contribution is 2.29. The predicted octanol–water partition coefficient (Wildman–Crippen LogP) is 0.380. The Hall–Kier alpha value is -2.85. The van der Waals surface area contributed by atoms with E-state index in [0.29, 0.717) is 0 Å². The summed E-state index contributed by atoms with van der Waals surface area (Å²) < 4.78 is 25.6. The van der Waals surface area contributed by atoms with Crippen molar-refractivity contribution in [3.05, 3.63) is 10.4 Å². The fourth-order valence-corrected chi connectivity index (χ4v) is 2.35. The molecule has 0 aromatic carbocycles. The Kier molecular flexibility index (Phi) is 7.81. The van der Waals surface area contributed by atoms with Crippen LogP contribution in [0.25, 0.3) is 10.4 Å². The van der Waals surface area contributed by atoms with Crippen molar-refractivity contribution in [3.63, 3.8) is 0 Å². The topological polar surface area (TPSA) is 163 Å². The number of nitrogens with zero attached hydrogens (tertiary/aromatic N) is 3. The van der Waals surface area contributed by atoms with E-state index in [4.69, 9.17) is 29.2 Å². The first-order chi connectivity index (χ1) is 12.1. The number of azide groups is 1. The van der Waals surface area contributed by atoms with E-state index in [1.165, 1.54) is 0 Å². The van der Waals surface area contributed by atoms with E-state index in [0.717, 1.165) is 27.7 Å². The Morgan fingerprint density at radius 3 is 1.85 bits per heavy atom. The molecule has 12 heteroatoms. The van der Waals surface area contributed by atoms with E-state index >= 15 is 0 Å². The number of esters is 4. The summed E-state index contributed by atoms with van der Waals surface area (Å²) in [4.78, 5) is 48.0. The second-order valence-corrected chi connectivity index (χ2v) is 5.29. The van der Waals surface area contributed by atoms with Crippen LogP contribution in [-0.4, -0.2) is 61.1 Å². The van der Waals surface area contributed by atoms with Gasteiger partial charge >= 0.3 is 23.9 Å². The Labute approximate surface area is 148 Å². The van der Waals surface area contributed by atoms with Gasteiger partial charge in [0, 0.05) is 32.6 Å². The summed E-state index contributed by atoms with van der Waals surface area (Å²) in [5.74, 6) is -2.92. The molecule has 1 rings (SSSR count). The van der Waals surface area contributed by atoms with Gasteiger partial charge in [0.2, 0.25) is 0 Å². The number of carbonyl (C=O) groups is 4. The molecule has 1 saturated heterocycles. The highest BCUT2D eigenvalue weighted by molar-refractivity contribution is 5.68. The summed E-state index contributed by atoms with van der Waals surface area (Å²) in [6.45, 7) is 4.06. The quantitative estimate of drug-likeness (QED) is 0.210. The highest BCUT2D eigenvalue weighted by Gasteiger charge is 2.51. The molecular formula is C14H19N3O9. The van der Waals surface area contributed by atoms with E-state index in [1.807, 2.05) is 0 Å². The maximum atomic E-state index is 11.5. The number of carbonyl (C=O) groups excluding carboxylic acids is 4. The molecule has 12 nitrogen and oxygen atoms in total. The van der Waals surface area contributed by atoms with Gasteiger partial charge in [0.15, 0.2) is 24.5 Å². The van der Waals surface area contributed by atoms with E-state index in [9.17, 15) is 19.2 Å². The Bertz CT molecular complexity index is 617. The summed E-state index contributed by atoms with van der Waals surface area (Å²) in [7, 11) is 0. The van der Waals surface area contributed by atoms with Crippen molar-refractivity contribution in [1.82, 2.24) is 0 Å². The second-order valence-electron chi connectivity index (χ2n) is 5.29. The van der Waals surface area contributed by atoms with Gasteiger partial charge in [0.25, 0.3) is 0 Å². The average Bonchev–Trinajstić information content (AvgIpc) is 2.50. The highest BCUT2D eigenvalue weighted by atomic mass is 16.7. The van der Waals surface area contributed by atoms with Gasteiger partial charge in [-0.25, -0.2) is 0 Å². The molecule has 0 bridgehead atoms. The van der Waals surface area contributed by atoms with E-state index in [1.54, 1.807) is 0 Å². The smallest absolute Gasteiger partial charge is 0.303 e. The van der Waals surface area contributed by atoms with Crippen LogP contribution in [0.15, 0.2) is 5.11 Å². The van der Waals surface area contributed by atoms with Gasteiger partial charge in [-0.1, -0.05) is 5.11 Å². The van der Waals surface area contributed by atoms with Crippen molar-refractivity contribution in [3.8, 4) is 0 Å². The van der Waals surface area contributed by atoms with E-state index in [2.05, 4.69) is 10.0 Å². The molecule has 1 heterocycles. The molecule has 0 saturated carbocycles. The third-order valence-electron chi connectivity index (χ3n) is 3.13. The van der Waals surface area contributed by atoms with Gasteiger partial charge in [0.05, 0.1) is 0 Å². The van der Waals surface area contributed by atoms with Crippen LogP contribution in [0.5, 0.6) is 0 Å². The Balaban J connectivity index is 3.28. The zero-order chi connectivity index (χ0) is 19.9. The standard InChI is InChI=1S/C14H19N3O9/c1-6(18)22-5-10-11(23-7(2)19)12(24-8(3)20)13(25-9(4)21)14(26-10)16-17-15/h10-14H,5H2,1-4H3/t10-,11+,12-,13-,14-/m1/s1. The zero-order valence-electron chi connectivity index (χ0n) is 14.6. The van der Waals surface area contributed by atoms with Crippen molar-refractivity contribution < 1.29 is 42.9 Å². The Morgan fingerprint density at radius 1 is 0.885 bits per heavy atom. The van der Waals surface area contributed by atoms with Gasteiger partial charge in [-0.15, -0.1) is 0 Å². The van der Waals surface area contributed by atoms with Crippen LogP contribution >= 0.6 is 0 Å². The third kappa shape index (κ3) is 6.22. The van der Waals surface area contributed by atoms with Gasteiger partial charge in [-0.05, 0) is 5.53 Å². The van der Waals surface area contributed by atoms with Crippen LogP contribution in [0.2, 0.25) is 0 Å². The molecule has 1 fully saturated rings. The Morgan fingerprint density at radius 2 is 1.38 bits per heavy atom. The van der Waals surface area contributed by atoms with Crippen LogP contribution in [0.1, 0.15) is 27.7 Å². The zero-order valence-corrected chi connectivity index (χ0v) is 14.6. The molecule has 0 aliphatic carbocycles. The van der Waals surface area contributed by atoms with Crippen LogP contribution in [0.3, 0.4) is 0 Å². The summed E-state index contributed by atoms with van der Waals surface area (Å²) in [6, 6.07) is 0. The maximum Gasteiger partial charge on any atom is 0.303 e. The molecule has 144 valence electrons. The van der Waals surface area contributed by atoms with Crippen molar-refractivity contribution in [2.24, 2.45) is 5.11 Å². The molecule has 0 aromatic rings. The number of rotatable bonds is 6. The predicted molar refractivity (Wildman–Crippen MR) is 81.1 cm³/mol. The minimum absolute atomic E-state index is 0.380. The molecule has 0 aromatic heterocycles. The van der Waals surface area contributed by atoms with Crippen LogP contribution in [0.4, 0.5) is 0 Å². The minimum Gasteiger partial charge on any atom is -0.463 e. The molecule has 5 atom stereocenters. The molecule has 0 spiro atoms. The summed E-state index contributed by atoms with van der Waals surface area (Å²) >= 11 is 0. The van der Waals surface area contributed by atoms with Gasteiger partial charge in [-0.2, -0.15) is 0 Å². The van der Waals surface area contributed by atoms with Crippen molar-refractivity contribution >= 4 is 23.9 Å². The largest absolute Gasteiger partial charge is 0.463 e. The molecule has 0 radical (unpaired) electrons. The monoisotopic (exact) mass is 373 g/mol. The fraction of sp³-hybridized carbons (Fsp3) is 0.714. The van der Waals surface area contributed by atoms with Crippen molar-refractivity contribution in [2.45, 2.75) is 58.3 Å². The number of hydrogen-bond donors (Lipinski definition) is 0. The SMILES string of the molecule is CC(=O)OC[C@H]1O[C@@H](N=[N+]=[N-])[C@H](OC(C)=O)[C@H](OC(C)=O)[C@H]1OC(C)=O. The second kappa shape index (κ2) is 9.59. The number of ether oxygens (including phenoxy) is 5. The van der Waals surface area contributed by atoms with Crippen LogP contribution in [0, 0.1) is 0 Å². The summed E-state index contributed by atoms with van der Waals surface area (Å²) in [6.07, 6.45) is -6.52. The van der Waals surface area contributed by atoms with Crippen LogP contribution in [-0.2, 0) is 42.9 Å². The maximum absolute atomic E-state index is 11.5. The molecule has 0 unspecified atom stereocenters. The van der Waals surface area contributed by atoms with Crippen molar-refractivity contribution in [1.29, 1.82) is 0 Å². The molecular weight excluding hydrogens is 354 g/mol. The first-order valence-corrected chi connectivity index (χ1v) is 7.50. The van der Waals surface area contributed by atoms with Gasteiger partial charge in [-0.3, -0.25) is 19.2 Å². The summed E-state index contributed by atoms with van der Waals surface area (Å²) in [5, 5.41) is 3.38. The van der Waals surface area contributed by atoms with Gasteiger partial charge < -0.3 is 23.7 Å². The summed E-state index contributed by atoms with van der Waals surface area (Å²) in [5.41, 5.74) is 8.71. The lowest BCUT2D eigenvalue weighted by Gasteiger charge is -2.43. The van der Waals surface area contributed by atoms with E-state index < -0.39 is 54.5 Å². The number of hydrogen-bond acceptors (Lipinski definition) is 10. The van der Waals surface area contributed by atoms with Gasteiger partial charge in [0.1, 0.15) is 12.7 Å². The molecule has 26 heavy (non-hydrogen) atoms. The fourth-order valence-electron chi connectivity index (χ4n) is 2.35. The lowest BCUT2D eigenvalue weighted by atomic mass is 9.97. The molecule has 0 amide bonds. The third-order valence-corrected chi connectivity index (χ3v) is 3.13. The van der Waals surface area contributed by atoms with E-state index in [-0.39, 0.29) is 6.61 Å². The molecule has 1 aliphatic heterocycles. The average molecular weight is 373 g/mol. The minimum atomic E-state index is -1.40. The molecule has 1 aliphatic rings. The van der Waals surface area contributed by atoms with Crippen LogP contribution < -0.4 is 0 Å². The molecule has 0 N–H and O–H groups in total.